The first-order valence-electron chi connectivity index (χ1n) is 6.54. The van der Waals surface area contributed by atoms with Crippen molar-refractivity contribution in [2.75, 3.05) is 13.1 Å². The Labute approximate surface area is 104 Å². The summed E-state index contributed by atoms with van der Waals surface area (Å²) < 4.78 is 6.03. The number of aryl methyl sites for hydroxylation is 2. The quantitative estimate of drug-likeness (QED) is 0.867. The Hall–Kier alpha value is -0.860. The van der Waals surface area contributed by atoms with Gasteiger partial charge in [-0.1, -0.05) is 36.2 Å². The number of benzene rings is 1. The van der Waals surface area contributed by atoms with Gasteiger partial charge in [-0.3, -0.25) is 0 Å². The van der Waals surface area contributed by atoms with Gasteiger partial charge in [-0.25, -0.2) is 0 Å². The molecule has 1 aromatic rings. The molecule has 0 radical (unpaired) electrons. The lowest BCUT2D eigenvalue weighted by molar-refractivity contribution is -0.00661. The first-order chi connectivity index (χ1) is 8.15. The molecule has 17 heavy (non-hydrogen) atoms. The second-order valence-electron chi connectivity index (χ2n) is 5.32. The normalized spacial score (nSPS) is 24.9. The molecule has 1 saturated heterocycles. The van der Waals surface area contributed by atoms with E-state index in [9.17, 15) is 0 Å². The first kappa shape index (κ1) is 12.6. The Kier molecular flexibility index (Phi) is 4.19. The number of hydrogen-bond donors (Lipinski definition) is 1. The summed E-state index contributed by atoms with van der Waals surface area (Å²) in [5, 5.41) is 3.40. The van der Waals surface area contributed by atoms with Gasteiger partial charge in [-0.15, -0.1) is 0 Å². The highest BCUT2D eigenvalue weighted by Gasteiger charge is 2.21. The predicted octanol–water partition coefficient (Wildman–Crippen LogP) is 2.82. The van der Waals surface area contributed by atoms with Crippen LogP contribution in [0.15, 0.2) is 18.2 Å². The fraction of sp³-hybridized carbons (Fsp3) is 0.600. The van der Waals surface area contributed by atoms with Gasteiger partial charge in [0, 0.05) is 6.54 Å². The van der Waals surface area contributed by atoms with Crippen LogP contribution >= 0.6 is 0 Å². The van der Waals surface area contributed by atoms with Gasteiger partial charge in [-0.05, 0) is 38.3 Å². The maximum atomic E-state index is 6.03. The second-order valence-corrected chi connectivity index (χ2v) is 5.32. The number of nitrogens with one attached hydrogen (secondary N) is 1. The van der Waals surface area contributed by atoms with Crippen molar-refractivity contribution in [1.82, 2.24) is 5.32 Å². The third-order valence-corrected chi connectivity index (χ3v) is 3.50. The Balaban J connectivity index is 1.92. The van der Waals surface area contributed by atoms with Crippen LogP contribution in [-0.2, 0) is 11.3 Å². The third kappa shape index (κ3) is 3.55. The highest BCUT2D eigenvalue weighted by atomic mass is 16.5. The minimum absolute atomic E-state index is 0.365. The second kappa shape index (κ2) is 5.65. The van der Waals surface area contributed by atoms with E-state index in [2.05, 4.69) is 44.3 Å². The molecule has 0 saturated carbocycles. The van der Waals surface area contributed by atoms with Gasteiger partial charge in [0.1, 0.15) is 0 Å². The molecule has 0 spiro atoms. The minimum Gasteiger partial charge on any atom is -0.372 e. The van der Waals surface area contributed by atoms with E-state index < -0.39 is 0 Å². The Bertz CT molecular complexity index is 355. The fourth-order valence-corrected chi connectivity index (χ4v) is 2.54. The summed E-state index contributed by atoms with van der Waals surface area (Å²) in [6, 6.07) is 6.64. The van der Waals surface area contributed by atoms with E-state index >= 15 is 0 Å². The van der Waals surface area contributed by atoms with Gasteiger partial charge in [0.25, 0.3) is 0 Å². The number of piperidine rings is 1. The lowest BCUT2D eigenvalue weighted by Crippen LogP contribution is -2.40. The molecule has 2 heteroatoms. The van der Waals surface area contributed by atoms with E-state index in [4.69, 9.17) is 4.74 Å². The van der Waals surface area contributed by atoms with Crippen molar-refractivity contribution in [3.63, 3.8) is 0 Å². The summed E-state index contributed by atoms with van der Waals surface area (Å²) in [4.78, 5) is 0. The van der Waals surface area contributed by atoms with Crippen LogP contribution in [0.1, 0.15) is 30.0 Å². The van der Waals surface area contributed by atoms with Crippen molar-refractivity contribution in [2.24, 2.45) is 5.92 Å². The van der Waals surface area contributed by atoms with Crippen molar-refractivity contribution in [3.05, 3.63) is 34.9 Å². The molecule has 94 valence electrons. The molecule has 0 aromatic heterocycles. The zero-order valence-electron chi connectivity index (χ0n) is 11.1. The first-order valence-corrected chi connectivity index (χ1v) is 6.54. The number of ether oxygens (including phenoxy) is 1. The lowest BCUT2D eigenvalue weighted by Gasteiger charge is -2.29. The summed E-state index contributed by atoms with van der Waals surface area (Å²) in [5.41, 5.74) is 3.93. The summed E-state index contributed by atoms with van der Waals surface area (Å²) in [7, 11) is 0. The molecular formula is C15H23NO. The standard InChI is InChI=1S/C15H23NO/c1-11-6-12(2)8-14(7-11)10-17-15-9-16-5-4-13(15)3/h6-8,13,15-16H,4-5,9-10H2,1-3H3. The van der Waals surface area contributed by atoms with Crippen molar-refractivity contribution in [1.29, 1.82) is 0 Å². The van der Waals surface area contributed by atoms with Gasteiger partial charge in [0.05, 0.1) is 12.7 Å². The molecule has 2 atom stereocenters. The van der Waals surface area contributed by atoms with Crippen molar-refractivity contribution < 1.29 is 4.74 Å². The van der Waals surface area contributed by atoms with Gasteiger partial charge < -0.3 is 10.1 Å². The molecule has 0 amide bonds. The Morgan fingerprint density at radius 2 is 1.94 bits per heavy atom. The summed E-state index contributed by atoms with van der Waals surface area (Å²) in [6.45, 7) is 9.42. The SMILES string of the molecule is Cc1cc(C)cc(COC2CNCCC2C)c1. The molecular weight excluding hydrogens is 210 g/mol. The van der Waals surface area contributed by atoms with E-state index in [0.29, 0.717) is 12.0 Å². The van der Waals surface area contributed by atoms with Gasteiger partial charge in [0.2, 0.25) is 0 Å². The molecule has 1 N–H and O–H groups in total. The van der Waals surface area contributed by atoms with Crippen molar-refractivity contribution in [3.8, 4) is 0 Å². The van der Waals surface area contributed by atoms with Crippen molar-refractivity contribution >= 4 is 0 Å². The zero-order valence-corrected chi connectivity index (χ0v) is 11.1. The Morgan fingerprint density at radius 1 is 1.24 bits per heavy atom. The monoisotopic (exact) mass is 233 g/mol. The largest absolute Gasteiger partial charge is 0.372 e. The van der Waals surface area contributed by atoms with E-state index in [1.807, 2.05) is 0 Å². The third-order valence-electron chi connectivity index (χ3n) is 3.50. The highest BCUT2D eigenvalue weighted by Crippen LogP contribution is 2.17. The van der Waals surface area contributed by atoms with Crippen LogP contribution in [0, 0.1) is 19.8 Å². The molecule has 1 fully saturated rings. The molecule has 0 aliphatic carbocycles. The molecule has 0 bridgehead atoms. The smallest absolute Gasteiger partial charge is 0.0729 e. The summed E-state index contributed by atoms with van der Waals surface area (Å²) in [5.74, 6) is 0.669. The topological polar surface area (TPSA) is 21.3 Å². The lowest BCUT2D eigenvalue weighted by atomic mass is 9.97. The van der Waals surface area contributed by atoms with Crippen LogP contribution < -0.4 is 5.32 Å². The van der Waals surface area contributed by atoms with E-state index in [0.717, 1.165) is 19.7 Å². The average Bonchev–Trinajstić information content (AvgIpc) is 2.27. The summed E-state index contributed by atoms with van der Waals surface area (Å²) >= 11 is 0. The van der Waals surface area contributed by atoms with Crippen LogP contribution in [0.5, 0.6) is 0 Å². The van der Waals surface area contributed by atoms with Gasteiger partial charge in [0.15, 0.2) is 0 Å². The fourth-order valence-electron chi connectivity index (χ4n) is 2.54. The minimum atomic E-state index is 0.365. The highest BCUT2D eigenvalue weighted by molar-refractivity contribution is 5.28. The zero-order chi connectivity index (χ0) is 12.3. The Morgan fingerprint density at radius 3 is 2.59 bits per heavy atom. The maximum absolute atomic E-state index is 6.03. The molecule has 2 rings (SSSR count). The molecule has 1 aromatic carbocycles. The van der Waals surface area contributed by atoms with E-state index in [-0.39, 0.29) is 0 Å². The molecule has 2 nitrogen and oxygen atoms in total. The summed E-state index contributed by atoms with van der Waals surface area (Å²) in [6.07, 6.45) is 1.59. The van der Waals surface area contributed by atoms with E-state index in [1.165, 1.54) is 23.1 Å². The van der Waals surface area contributed by atoms with Crippen molar-refractivity contribution in [2.45, 2.75) is 39.9 Å². The average molecular weight is 233 g/mol. The van der Waals surface area contributed by atoms with Crippen LogP contribution in [0.3, 0.4) is 0 Å². The van der Waals surface area contributed by atoms with Crippen LogP contribution in [0.25, 0.3) is 0 Å². The molecule has 1 heterocycles. The number of hydrogen-bond acceptors (Lipinski definition) is 2. The maximum Gasteiger partial charge on any atom is 0.0729 e. The van der Waals surface area contributed by atoms with Gasteiger partial charge in [-0.2, -0.15) is 0 Å². The molecule has 2 unspecified atom stereocenters. The predicted molar refractivity (Wildman–Crippen MR) is 71.1 cm³/mol. The van der Waals surface area contributed by atoms with Crippen LogP contribution in [0.2, 0.25) is 0 Å². The van der Waals surface area contributed by atoms with E-state index in [1.54, 1.807) is 0 Å². The molecule has 1 aliphatic rings. The van der Waals surface area contributed by atoms with Crippen LogP contribution in [0.4, 0.5) is 0 Å². The number of rotatable bonds is 3. The van der Waals surface area contributed by atoms with Gasteiger partial charge >= 0.3 is 0 Å². The van der Waals surface area contributed by atoms with Crippen LogP contribution in [-0.4, -0.2) is 19.2 Å². The molecule has 1 aliphatic heterocycles.